The average Bonchev–Trinajstić information content (AvgIpc) is 2.21. The molecule has 2 unspecified atom stereocenters. The molecule has 2 atom stereocenters. The van der Waals surface area contributed by atoms with Gasteiger partial charge in [-0.25, -0.2) is 0 Å². The van der Waals surface area contributed by atoms with Gasteiger partial charge in [-0.15, -0.1) is 0 Å². The van der Waals surface area contributed by atoms with Crippen LogP contribution in [0, 0.1) is 5.92 Å². The lowest BCUT2D eigenvalue weighted by atomic mass is 9.95. The fourth-order valence-electron chi connectivity index (χ4n) is 1.56. The van der Waals surface area contributed by atoms with Crippen molar-refractivity contribution >= 4 is 0 Å². The first-order valence-corrected chi connectivity index (χ1v) is 5.83. The third-order valence-corrected chi connectivity index (χ3v) is 2.55. The maximum absolute atomic E-state index is 4.29. The number of rotatable bonds is 8. The van der Waals surface area contributed by atoms with E-state index in [-0.39, 0.29) is 0 Å². The van der Waals surface area contributed by atoms with Crippen molar-refractivity contribution in [3.05, 3.63) is 0 Å². The Labute approximate surface area is 88.4 Å². The molecular weight excluding hydrogens is 174 g/mol. The first-order chi connectivity index (χ1) is 6.76. The van der Waals surface area contributed by atoms with Gasteiger partial charge in [0.05, 0.1) is 12.6 Å². The molecule has 0 amide bonds. The predicted octanol–water partition coefficient (Wildman–Crippen LogP) is 2.87. The van der Waals surface area contributed by atoms with Crippen LogP contribution in [0.1, 0.15) is 40.5 Å². The van der Waals surface area contributed by atoms with Gasteiger partial charge >= 0.3 is 0 Å². The lowest BCUT2D eigenvalue weighted by molar-refractivity contribution is 0.383. The van der Waals surface area contributed by atoms with Gasteiger partial charge < -0.3 is 5.32 Å². The van der Waals surface area contributed by atoms with Crippen molar-refractivity contribution in [3.63, 3.8) is 0 Å². The third-order valence-electron chi connectivity index (χ3n) is 2.55. The van der Waals surface area contributed by atoms with Crippen LogP contribution in [0.5, 0.6) is 0 Å². The van der Waals surface area contributed by atoms with Crippen molar-refractivity contribution < 1.29 is 0 Å². The molecule has 0 aromatic heterocycles. The van der Waals surface area contributed by atoms with E-state index in [1.54, 1.807) is 0 Å². The van der Waals surface area contributed by atoms with Crippen LogP contribution in [-0.2, 0) is 0 Å². The molecule has 0 aromatic rings. The zero-order valence-electron chi connectivity index (χ0n) is 10.1. The first kappa shape index (κ1) is 13.6. The Morgan fingerprint density at radius 2 is 1.93 bits per heavy atom. The Kier molecular flexibility index (Phi) is 8.84. The maximum Gasteiger partial charge on any atom is 0.0708 e. The van der Waals surface area contributed by atoms with Gasteiger partial charge in [-0.1, -0.05) is 20.3 Å². The topological polar surface area (TPSA) is 36.8 Å². The standard InChI is InChI=1S/C11H25N3/c1-5-11(8-9-12-6-2)10(4)14-13-7-3/h10-12H,5-9H2,1-4H3. The van der Waals surface area contributed by atoms with E-state index in [0.717, 1.165) is 19.6 Å². The Bertz CT molecular complexity index is 145. The van der Waals surface area contributed by atoms with E-state index >= 15 is 0 Å². The maximum atomic E-state index is 4.29. The second kappa shape index (κ2) is 9.13. The molecule has 1 N–H and O–H groups in total. The highest BCUT2D eigenvalue weighted by Crippen LogP contribution is 2.15. The lowest BCUT2D eigenvalue weighted by Gasteiger charge is -2.18. The van der Waals surface area contributed by atoms with E-state index < -0.39 is 0 Å². The van der Waals surface area contributed by atoms with E-state index in [0.29, 0.717) is 12.0 Å². The van der Waals surface area contributed by atoms with Gasteiger partial charge in [0.2, 0.25) is 0 Å². The molecule has 0 aromatic carbocycles. The molecular formula is C11H25N3. The normalized spacial score (nSPS) is 16.0. The molecule has 0 aliphatic rings. The van der Waals surface area contributed by atoms with Crippen molar-refractivity contribution in [2.75, 3.05) is 19.6 Å². The zero-order chi connectivity index (χ0) is 10.8. The Morgan fingerprint density at radius 3 is 2.43 bits per heavy atom. The number of nitrogens with zero attached hydrogens (tertiary/aromatic N) is 2. The van der Waals surface area contributed by atoms with Gasteiger partial charge in [0.1, 0.15) is 0 Å². The number of hydrogen-bond donors (Lipinski definition) is 1. The van der Waals surface area contributed by atoms with Gasteiger partial charge in [-0.05, 0) is 39.3 Å². The summed E-state index contributed by atoms with van der Waals surface area (Å²) in [6, 6.07) is 0.374. The second-order valence-corrected chi connectivity index (χ2v) is 3.62. The summed E-state index contributed by atoms with van der Waals surface area (Å²) < 4.78 is 0. The van der Waals surface area contributed by atoms with E-state index in [1.807, 2.05) is 6.92 Å². The van der Waals surface area contributed by atoms with Crippen LogP contribution < -0.4 is 5.32 Å². The van der Waals surface area contributed by atoms with Crippen LogP contribution in [0.4, 0.5) is 0 Å². The van der Waals surface area contributed by atoms with Gasteiger partial charge in [-0.3, -0.25) is 0 Å². The molecule has 0 saturated heterocycles. The molecule has 84 valence electrons. The molecule has 0 saturated carbocycles. The minimum absolute atomic E-state index is 0.374. The molecule has 0 bridgehead atoms. The minimum atomic E-state index is 0.374. The summed E-state index contributed by atoms with van der Waals surface area (Å²) in [7, 11) is 0. The van der Waals surface area contributed by atoms with Crippen molar-refractivity contribution in [3.8, 4) is 0 Å². The van der Waals surface area contributed by atoms with Crippen LogP contribution in [0.3, 0.4) is 0 Å². The van der Waals surface area contributed by atoms with E-state index in [4.69, 9.17) is 0 Å². The average molecular weight is 199 g/mol. The van der Waals surface area contributed by atoms with E-state index in [2.05, 4.69) is 36.3 Å². The fourth-order valence-corrected chi connectivity index (χ4v) is 1.56. The fraction of sp³-hybridized carbons (Fsp3) is 1.00. The Balaban J connectivity index is 3.80. The molecule has 0 aliphatic heterocycles. The molecule has 0 aliphatic carbocycles. The number of nitrogens with one attached hydrogen (secondary N) is 1. The molecule has 0 radical (unpaired) electrons. The highest BCUT2D eigenvalue weighted by molar-refractivity contribution is 4.70. The molecule has 0 heterocycles. The van der Waals surface area contributed by atoms with Gasteiger partial charge in [0, 0.05) is 0 Å². The van der Waals surface area contributed by atoms with Crippen LogP contribution in [0.15, 0.2) is 10.2 Å². The summed E-state index contributed by atoms with van der Waals surface area (Å²) in [5.41, 5.74) is 0. The lowest BCUT2D eigenvalue weighted by Crippen LogP contribution is -2.22. The molecule has 3 heteroatoms. The Hall–Kier alpha value is -0.440. The van der Waals surface area contributed by atoms with Crippen molar-refractivity contribution in [1.82, 2.24) is 5.32 Å². The summed E-state index contributed by atoms with van der Waals surface area (Å²) in [6.07, 6.45) is 2.39. The largest absolute Gasteiger partial charge is 0.317 e. The Morgan fingerprint density at radius 1 is 1.21 bits per heavy atom. The third kappa shape index (κ3) is 6.08. The summed E-state index contributed by atoms with van der Waals surface area (Å²) in [5.74, 6) is 0.671. The van der Waals surface area contributed by atoms with Gasteiger partial charge in [0.25, 0.3) is 0 Å². The monoisotopic (exact) mass is 199 g/mol. The number of azo groups is 1. The predicted molar refractivity (Wildman–Crippen MR) is 61.8 cm³/mol. The quantitative estimate of drug-likeness (QED) is 0.473. The number of hydrogen-bond acceptors (Lipinski definition) is 3. The van der Waals surface area contributed by atoms with Gasteiger partial charge in [-0.2, -0.15) is 10.2 Å². The summed E-state index contributed by atoms with van der Waals surface area (Å²) in [5, 5.41) is 11.7. The highest BCUT2D eigenvalue weighted by atomic mass is 15.1. The second-order valence-electron chi connectivity index (χ2n) is 3.62. The SMILES string of the molecule is CCN=NC(C)C(CC)CCNCC. The van der Waals surface area contributed by atoms with Crippen molar-refractivity contribution in [2.24, 2.45) is 16.1 Å². The highest BCUT2D eigenvalue weighted by Gasteiger charge is 2.13. The van der Waals surface area contributed by atoms with E-state index in [1.165, 1.54) is 12.8 Å². The minimum Gasteiger partial charge on any atom is -0.317 e. The molecule has 14 heavy (non-hydrogen) atoms. The van der Waals surface area contributed by atoms with Gasteiger partial charge in [0.15, 0.2) is 0 Å². The molecule has 0 spiro atoms. The molecule has 3 nitrogen and oxygen atoms in total. The summed E-state index contributed by atoms with van der Waals surface area (Å²) in [4.78, 5) is 0. The van der Waals surface area contributed by atoms with Crippen LogP contribution in [0.25, 0.3) is 0 Å². The van der Waals surface area contributed by atoms with Crippen LogP contribution in [-0.4, -0.2) is 25.7 Å². The van der Waals surface area contributed by atoms with Crippen LogP contribution in [0.2, 0.25) is 0 Å². The molecule has 0 rings (SSSR count). The van der Waals surface area contributed by atoms with Crippen molar-refractivity contribution in [1.29, 1.82) is 0 Å². The zero-order valence-corrected chi connectivity index (χ0v) is 10.1. The van der Waals surface area contributed by atoms with Crippen molar-refractivity contribution in [2.45, 2.75) is 46.6 Å². The first-order valence-electron chi connectivity index (χ1n) is 5.83. The summed E-state index contributed by atoms with van der Waals surface area (Å²) >= 11 is 0. The molecule has 0 fully saturated rings. The van der Waals surface area contributed by atoms with E-state index in [9.17, 15) is 0 Å². The summed E-state index contributed by atoms with van der Waals surface area (Å²) in [6.45, 7) is 11.5. The van der Waals surface area contributed by atoms with Crippen LogP contribution >= 0.6 is 0 Å². The smallest absolute Gasteiger partial charge is 0.0708 e.